The van der Waals surface area contributed by atoms with Crippen molar-refractivity contribution < 1.29 is 13.2 Å². The number of rotatable bonds is 8. The lowest BCUT2D eigenvalue weighted by molar-refractivity contribution is -0.123. The van der Waals surface area contributed by atoms with Crippen molar-refractivity contribution in [2.24, 2.45) is 11.7 Å². The predicted octanol–water partition coefficient (Wildman–Crippen LogP) is 2.49. The number of sulfone groups is 1. The van der Waals surface area contributed by atoms with Crippen molar-refractivity contribution in [3.8, 4) is 0 Å². The van der Waals surface area contributed by atoms with Gasteiger partial charge in [0.2, 0.25) is 20.9 Å². The number of hydrogen-bond acceptors (Lipinski definition) is 5. The van der Waals surface area contributed by atoms with Crippen molar-refractivity contribution in [3.63, 3.8) is 0 Å². The number of hydrogen-bond donors (Lipinski definition) is 1. The van der Waals surface area contributed by atoms with Crippen LogP contribution in [0.1, 0.15) is 70.4 Å². The highest BCUT2D eigenvalue weighted by Gasteiger charge is 2.33. The molecule has 28 heavy (non-hydrogen) atoms. The molecule has 8 heteroatoms. The number of aromatic nitrogens is 2. The summed E-state index contributed by atoms with van der Waals surface area (Å²) in [6.07, 6.45) is 9.82. The lowest BCUT2D eigenvalue weighted by atomic mass is 9.96. The van der Waals surface area contributed by atoms with Gasteiger partial charge in [0.05, 0.1) is 17.1 Å². The van der Waals surface area contributed by atoms with E-state index in [1.807, 2.05) is 4.57 Å². The molecule has 1 aliphatic heterocycles. The number of carbonyl (C=O) groups is 1. The van der Waals surface area contributed by atoms with E-state index in [0.717, 1.165) is 76.6 Å². The van der Waals surface area contributed by atoms with Crippen LogP contribution in [0.4, 0.5) is 0 Å². The molecule has 2 fully saturated rings. The van der Waals surface area contributed by atoms with Crippen LogP contribution in [0.3, 0.4) is 0 Å². The summed E-state index contributed by atoms with van der Waals surface area (Å²) < 4.78 is 28.4. The Morgan fingerprint density at radius 3 is 2.46 bits per heavy atom. The summed E-state index contributed by atoms with van der Waals surface area (Å²) in [6.45, 7) is 5.07. The highest BCUT2D eigenvalue weighted by atomic mass is 32.2. The first-order valence-corrected chi connectivity index (χ1v) is 12.3. The van der Waals surface area contributed by atoms with Crippen molar-refractivity contribution in [3.05, 3.63) is 11.9 Å². The topological polar surface area (TPSA) is 98.3 Å². The molecule has 1 saturated carbocycles. The van der Waals surface area contributed by atoms with Gasteiger partial charge in [-0.3, -0.25) is 9.69 Å². The van der Waals surface area contributed by atoms with E-state index in [1.165, 1.54) is 0 Å². The minimum atomic E-state index is -3.39. The van der Waals surface area contributed by atoms with E-state index in [1.54, 1.807) is 6.20 Å². The fraction of sp³-hybridized carbons (Fsp3) is 0.800. The van der Waals surface area contributed by atoms with Crippen LogP contribution in [0.15, 0.2) is 11.4 Å². The van der Waals surface area contributed by atoms with Gasteiger partial charge in [-0.25, -0.2) is 13.4 Å². The second-order valence-electron chi connectivity index (χ2n) is 8.30. The molecule has 2 aliphatic rings. The van der Waals surface area contributed by atoms with Crippen LogP contribution >= 0.6 is 0 Å². The molecule has 0 bridgehead atoms. The number of piperidine rings is 1. The minimum Gasteiger partial charge on any atom is -0.369 e. The van der Waals surface area contributed by atoms with Gasteiger partial charge in [-0.2, -0.15) is 0 Å². The van der Waals surface area contributed by atoms with Crippen LogP contribution < -0.4 is 5.73 Å². The normalized spacial score (nSPS) is 20.5. The van der Waals surface area contributed by atoms with Gasteiger partial charge >= 0.3 is 0 Å². The lowest BCUT2D eigenvalue weighted by Crippen LogP contribution is -2.38. The van der Waals surface area contributed by atoms with E-state index in [0.29, 0.717) is 13.1 Å². The second-order valence-corrected chi connectivity index (χ2v) is 10.4. The zero-order valence-corrected chi connectivity index (χ0v) is 17.8. The molecular weight excluding hydrogens is 376 g/mol. The highest BCUT2D eigenvalue weighted by Crippen LogP contribution is 2.29. The molecule has 1 aromatic heterocycles. The number of amides is 1. The molecule has 1 amide bonds. The number of imidazole rings is 1. The quantitative estimate of drug-likeness (QED) is 0.710. The van der Waals surface area contributed by atoms with E-state index < -0.39 is 9.84 Å². The molecule has 158 valence electrons. The predicted molar refractivity (Wildman–Crippen MR) is 108 cm³/mol. The number of unbranched alkanes of at least 4 members (excludes halogenated alkanes) is 1. The largest absolute Gasteiger partial charge is 0.369 e. The lowest BCUT2D eigenvalue weighted by Gasteiger charge is -2.30. The Hall–Kier alpha value is -1.41. The third-order valence-corrected chi connectivity index (χ3v) is 8.44. The van der Waals surface area contributed by atoms with Crippen molar-refractivity contribution in [2.75, 3.05) is 13.1 Å². The maximum Gasteiger partial charge on any atom is 0.228 e. The van der Waals surface area contributed by atoms with Crippen molar-refractivity contribution >= 4 is 15.7 Å². The second kappa shape index (κ2) is 9.39. The average Bonchev–Trinajstić information content (AvgIpc) is 3.10. The van der Waals surface area contributed by atoms with Crippen LogP contribution in [-0.4, -0.2) is 47.1 Å². The first-order chi connectivity index (χ1) is 13.4. The summed E-state index contributed by atoms with van der Waals surface area (Å²) in [6, 6.07) is 0. The van der Waals surface area contributed by atoms with E-state index >= 15 is 0 Å². The summed E-state index contributed by atoms with van der Waals surface area (Å²) in [4.78, 5) is 18.1. The number of primary amides is 1. The van der Waals surface area contributed by atoms with Crippen molar-refractivity contribution in [1.29, 1.82) is 0 Å². The monoisotopic (exact) mass is 410 g/mol. The van der Waals surface area contributed by atoms with Crippen LogP contribution in [0.5, 0.6) is 0 Å². The molecule has 2 heterocycles. The summed E-state index contributed by atoms with van der Waals surface area (Å²) >= 11 is 0. The Labute approximate surface area is 168 Å². The summed E-state index contributed by atoms with van der Waals surface area (Å²) in [5.41, 5.74) is 6.39. The van der Waals surface area contributed by atoms with E-state index in [9.17, 15) is 13.2 Å². The minimum absolute atomic E-state index is 0.0384. The van der Waals surface area contributed by atoms with Gasteiger partial charge < -0.3 is 10.3 Å². The number of nitrogens with two attached hydrogens (primary N) is 1. The molecule has 0 aromatic carbocycles. The fourth-order valence-electron chi connectivity index (χ4n) is 4.43. The van der Waals surface area contributed by atoms with Gasteiger partial charge in [0.15, 0.2) is 0 Å². The molecule has 1 saturated heterocycles. The molecule has 1 aliphatic carbocycles. The molecular formula is C20H34N4O3S. The Kier molecular flexibility index (Phi) is 7.15. The molecule has 0 spiro atoms. The fourth-order valence-corrected chi connectivity index (χ4v) is 6.40. The smallest absolute Gasteiger partial charge is 0.228 e. The molecule has 2 N–H and O–H groups in total. The van der Waals surface area contributed by atoms with Gasteiger partial charge in [-0.15, -0.1) is 0 Å². The third-order valence-electron chi connectivity index (χ3n) is 6.26. The van der Waals surface area contributed by atoms with Crippen LogP contribution in [0.2, 0.25) is 0 Å². The zero-order chi connectivity index (χ0) is 20.1. The number of likely N-dealkylation sites (tertiary alicyclic amines) is 1. The highest BCUT2D eigenvalue weighted by molar-refractivity contribution is 7.91. The van der Waals surface area contributed by atoms with Gasteiger partial charge in [0.25, 0.3) is 0 Å². The van der Waals surface area contributed by atoms with E-state index in [-0.39, 0.29) is 22.2 Å². The first-order valence-electron chi connectivity index (χ1n) is 10.7. The third kappa shape index (κ3) is 4.76. The van der Waals surface area contributed by atoms with Crippen LogP contribution in [0.25, 0.3) is 0 Å². The SMILES string of the molecule is CCCCn1c(CN2CCC(C(N)=O)CC2)cnc1S(=O)(=O)C1CCCCC1. The van der Waals surface area contributed by atoms with Crippen molar-refractivity contribution in [1.82, 2.24) is 14.5 Å². The summed E-state index contributed by atoms with van der Waals surface area (Å²) in [5.74, 6) is -0.253. The Morgan fingerprint density at radius 1 is 1.18 bits per heavy atom. The Morgan fingerprint density at radius 2 is 1.86 bits per heavy atom. The molecule has 1 aromatic rings. The van der Waals surface area contributed by atoms with Gasteiger partial charge in [-0.05, 0) is 45.2 Å². The standard InChI is InChI=1S/C20H34N4O3S/c1-2-3-11-24-17(15-23-12-9-16(10-13-23)19(21)25)14-22-20(24)28(26,27)18-7-5-4-6-8-18/h14,16,18H,2-13,15H2,1H3,(H2,21,25). The molecule has 7 nitrogen and oxygen atoms in total. The summed E-state index contributed by atoms with van der Waals surface area (Å²) in [5, 5.41) is -0.0296. The van der Waals surface area contributed by atoms with Crippen molar-refractivity contribution in [2.45, 2.75) is 88.2 Å². The van der Waals surface area contributed by atoms with Gasteiger partial charge in [-0.1, -0.05) is 32.6 Å². The molecule has 3 rings (SSSR count). The van der Waals surface area contributed by atoms with Gasteiger partial charge in [0, 0.05) is 19.0 Å². The zero-order valence-electron chi connectivity index (χ0n) is 17.0. The molecule has 0 atom stereocenters. The molecule has 0 radical (unpaired) electrons. The summed E-state index contributed by atoms with van der Waals surface area (Å²) in [7, 11) is -3.39. The van der Waals surface area contributed by atoms with Crippen LogP contribution in [0, 0.1) is 5.92 Å². The number of nitrogens with zero attached hydrogens (tertiary/aromatic N) is 3. The van der Waals surface area contributed by atoms with E-state index in [4.69, 9.17) is 5.73 Å². The Balaban J connectivity index is 1.77. The maximum atomic E-state index is 13.2. The Bertz CT molecular complexity index is 760. The van der Waals surface area contributed by atoms with Crippen LogP contribution in [-0.2, 0) is 27.7 Å². The molecule has 0 unspecified atom stereocenters. The number of carbonyl (C=O) groups excluding carboxylic acids is 1. The average molecular weight is 411 g/mol. The van der Waals surface area contributed by atoms with Gasteiger partial charge in [0.1, 0.15) is 0 Å². The maximum absolute atomic E-state index is 13.2. The van der Waals surface area contributed by atoms with E-state index in [2.05, 4.69) is 16.8 Å². The first kappa shape index (κ1) is 21.3.